The smallest absolute Gasteiger partial charge is 0.326 e. The van der Waals surface area contributed by atoms with Gasteiger partial charge in [-0.15, -0.1) is 11.8 Å². The summed E-state index contributed by atoms with van der Waals surface area (Å²) in [6.45, 7) is 3.19. The van der Waals surface area contributed by atoms with Crippen molar-refractivity contribution in [2.24, 2.45) is 0 Å². The van der Waals surface area contributed by atoms with Gasteiger partial charge in [-0.25, -0.2) is 4.79 Å². The molecule has 0 saturated heterocycles. The standard InChI is InChI=1S/C17H18N2O2S/c1-2-21-15-9-5-3-7-13(15)18-17(20)19-11-12-22-16-10-6-4-8-14(16)19/h3-10H,2,11-12H2,1H3,(H,18,20). The number of urea groups is 1. The van der Waals surface area contributed by atoms with E-state index in [1.165, 1.54) is 0 Å². The van der Waals surface area contributed by atoms with Crippen LogP contribution in [0.15, 0.2) is 53.4 Å². The maximum atomic E-state index is 12.6. The predicted molar refractivity (Wildman–Crippen MR) is 91.1 cm³/mol. The number of para-hydroxylation sites is 3. The van der Waals surface area contributed by atoms with Gasteiger partial charge in [0.1, 0.15) is 5.75 Å². The molecule has 1 heterocycles. The average molecular weight is 314 g/mol. The van der Waals surface area contributed by atoms with E-state index in [0.717, 1.165) is 16.3 Å². The van der Waals surface area contributed by atoms with E-state index in [-0.39, 0.29) is 6.03 Å². The molecule has 4 nitrogen and oxygen atoms in total. The van der Waals surface area contributed by atoms with E-state index in [4.69, 9.17) is 4.74 Å². The molecule has 1 N–H and O–H groups in total. The summed E-state index contributed by atoms with van der Waals surface area (Å²) >= 11 is 1.78. The Kier molecular flexibility index (Phi) is 4.53. The molecule has 0 fully saturated rings. The molecule has 2 amide bonds. The highest BCUT2D eigenvalue weighted by Crippen LogP contribution is 2.35. The van der Waals surface area contributed by atoms with Gasteiger partial charge in [-0.3, -0.25) is 4.90 Å². The molecule has 5 heteroatoms. The molecule has 0 saturated carbocycles. The van der Waals surface area contributed by atoms with Gasteiger partial charge in [0, 0.05) is 17.2 Å². The number of hydrogen-bond acceptors (Lipinski definition) is 3. The number of carbonyl (C=O) groups is 1. The second-order valence-electron chi connectivity index (χ2n) is 4.83. The number of nitrogens with one attached hydrogen (secondary N) is 1. The highest BCUT2D eigenvalue weighted by molar-refractivity contribution is 7.99. The van der Waals surface area contributed by atoms with Crippen LogP contribution < -0.4 is 15.0 Å². The molecule has 0 atom stereocenters. The molecule has 0 unspecified atom stereocenters. The SMILES string of the molecule is CCOc1ccccc1NC(=O)N1CCSc2ccccc21. The quantitative estimate of drug-likeness (QED) is 0.922. The van der Waals surface area contributed by atoms with Gasteiger partial charge in [0.25, 0.3) is 0 Å². The van der Waals surface area contributed by atoms with Crippen molar-refractivity contribution in [1.29, 1.82) is 0 Å². The zero-order valence-corrected chi connectivity index (χ0v) is 13.2. The van der Waals surface area contributed by atoms with Crippen LogP contribution in [-0.2, 0) is 0 Å². The molecule has 2 aromatic rings. The number of rotatable bonds is 3. The van der Waals surface area contributed by atoms with Crippen molar-refractivity contribution in [2.45, 2.75) is 11.8 Å². The van der Waals surface area contributed by atoms with Gasteiger partial charge in [0.05, 0.1) is 18.0 Å². The van der Waals surface area contributed by atoms with Crippen molar-refractivity contribution in [3.8, 4) is 5.75 Å². The third-order valence-electron chi connectivity index (χ3n) is 3.40. The normalized spacial score (nSPS) is 13.4. The van der Waals surface area contributed by atoms with Gasteiger partial charge < -0.3 is 10.1 Å². The first-order valence-electron chi connectivity index (χ1n) is 7.31. The van der Waals surface area contributed by atoms with Crippen LogP contribution in [-0.4, -0.2) is 24.9 Å². The summed E-state index contributed by atoms with van der Waals surface area (Å²) < 4.78 is 5.56. The molecular formula is C17H18N2O2S. The van der Waals surface area contributed by atoms with Gasteiger partial charge in [-0.05, 0) is 31.2 Å². The third kappa shape index (κ3) is 3.04. The van der Waals surface area contributed by atoms with Crippen LogP contribution in [0.2, 0.25) is 0 Å². The fourth-order valence-electron chi connectivity index (χ4n) is 2.41. The van der Waals surface area contributed by atoms with Crippen LogP contribution in [0.25, 0.3) is 0 Å². The Balaban J connectivity index is 1.81. The summed E-state index contributed by atoms with van der Waals surface area (Å²) in [7, 11) is 0. The van der Waals surface area contributed by atoms with Crippen molar-refractivity contribution in [1.82, 2.24) is 0 Å². The first kappa shape index (κ1) is 14.8. The average Bonchev–Trinajstić information content (AvgIpc) is 2.56. The summed E-state index contributed by atoms with van der Waals surface area (Å²) in [5.74, 6) is 1.59. The Labute approximate surface area is 134 Å². The molecule has 0 aromatic heterocycles. The van der Waals surface area contributed by atoms with Crippen molar-refractivity contribution >= 4 is 29.2 Å². The number of thioether (sulfide) groups is 1. The van der Waals surface area contributed by atoms with Crippen molar-refractivity contribution in [3.63, 3.8) is 0 Å². The molecular weight excluding hydrogens is 296 g/mol. The van der Waals surface area contributed by atoms with Crippen molar-refractivity contribution < 1.29 is 9.53 Å². The van der Waals surface area contributed by atoms with Crippen LogP contribution in [0.1, 0.15) is 6.92 Å². The fraction of sp³-hybridized carbons (Fsp3) is 0.235. The minimum atomic E-state index is -0.125. The second-order valence-corrected chi connectivity index (χ2v) is 5.96. The first-order valence-corrected chi connectivity index (χ1v) is 8.30. The van der Waals surface area contributed by atoms with Crippen molar-refractivity contribution in [2.75, 3.05) is 29.1 Å². The molecule has 2 aromatic carbocycles. The number of carbonyl (C=O) groups excluding carboxylic acids is 1. The van der Waals surface area contributed by atoms with Crippen LogP contribution in [0.4, 0.5) is 16.2 Å². The Bertz CT molecular complexity index is 675. The van der Waals surface area contributed by atoms with E-state index < -0.39 is 0 Å². The van der Waals surface area contributed by atoms with Gasteiger partial charge in [0.2, 0.25) is 0 Å². The minimum absolute atomic E-state index is 0.125. The Morgan fingerprint density at radius 2 is 2.00 bits per heavy atom. The van der Waals surface area contributed by atoms with E-state index >= 15 is 0 Å². The highest BCUT2D eigenvalue weighted by Gasteiger charge is 2.23. The lowest BCUT2D eigenvalue weighted by atomic mass is 10.2. The van der Waals surface area contributed by atoms with Gasteiger partial charge in [-0.1, -0.05) is 24.3 Å². The highest BCUT2D eigenvalue weighted by atomic mass is 32.2. The van der Waals surface area contributed by atoms with Crippen LogP contribution in [0.5, 0.6) is 5.75 Å². The van der Waals surface area contributed by atoms with Gasteiger partial charge in [-0.2, -0.15) is 0 Å². The molecule has 3 rings (SSSR count). The number of amides is 2. The summed E-state index contributed by atoms with van der Waals surface area (Å²) in [5.41, 5.74) is 1.66. The monoisotopic (exact) mass is 314 g/mol. The van der Waals surface area contributed by atoms with E-state index in [2.05, 4.69) is 5.32 Å². The van der Waals surface area contributed by atoms with Gasteiger partial charge >= 0.3 is 6.03 Å². The molecule has 1 aliphatic rings. The number of anilines is 2. The number of ether oxygens (including phenoxy) is 1. The zero-order chi connectivity index (χ0) is 15.4. The number of fused-ring (bicyclic) bond motifs is 1. The molecule has 0 aliphatic carbocycles. The third-order valence-corrected chi connectivity index (χ3v) is 4.45. The maximum absolute atomic E-state index is 12.6. The molecule has 22 heavy (non-hydrogen) atoms. The summed E-state index contributed by atoms with van der Waals surface area (Å²) in [6.07, 6.45) is 0. The van der Waals surface area contributed by atoms with E-state index in [1.807, 2.05) is 55.5 Å². The fourth-order valence-corrected chi connectivity index (χ4v) is 3.41. The van der Waals surface area contributed by atoms with Crippen LogP contribution >= 0.6 is 11.8 Å². The van der Waals surface area contributed by atoms with Gasteiger partial charge in [0.15, 0.2) is 0 Å². The molecule has 0 radical (unpaired) electrons. The lowest BCUT2D eigenvalue weighted by Gasteiger charge is -2.29. The molecule has 1 aliphatic heterocycles. The lowest BCUT2D eigenvalue weighted by molar-refractivity contribution is 0.257. The largest absolute Gasteiger partial charge is 0.492 e. The molecule has 114 valence electrons. The Morgan fingerprint density at radius 1 is 1.23 bits per heavy atom. The zero-order valence-electron chi connectivity index (χ0n) is 12.4. The molecule has 0 spiro atoms. The van der Waals surface area contributed by atoms with Crippen LogP contribution in [0.3, 0.4) is 0 Å². The van der Waals surface area contributed by atoms with Crippen LogP contribution in [0, 0.1) is 0 Å². The molecule has 0 bridgehead atoms. The second kappa shape index (κ2) is 6.75. The maximum Gasteiger partial charge on any atom is 0.326 e. The Morgan fingerprint density at radius 3 is 2.86 bits per heavy atom. The summed E-state index contributed by atoms with van der Waals surface area (Å²) in [6, 6.07) is 15.4. The summed E-state index contributed by atoms with van der Waals surface area (Å²) in [4.78, 5) is 15.6. The first-order chi connectivity index (χ1) is 10.8. The Hall–Kier alpha value is -2.14. The van der Waals surface area contributed by atoms with E-state index in [0.29, 0.717) is 24.6 Å². The number of benzene rings is 2. The van der Waals surface area contributed by atoms with E-state index in [1.54, 1.807) is 16.7 Å². The number of nitrogens with zero attached hydrogens (tertiary/aromatic N) is 1. The van der Waals surface area contributed by atoms with E-state index in [9.17, 15) is 4.79 Å². The minimum Gasteiger partial charge on any atom is -0.492 e. The number of hydrogen-bond donors (Lipinski definition) is 1. The predicted octanol–water partition coefficient (Wildman–Crippen LogP) is 4.23. The van der Waals surface area contributed by atoms with Crippen molar-refractivity contribution in [3.05, 3.63) is 48.5 Å². The topological polar surface area (TPSA) is 41.6 Å². The summed E-state index contributed by atoms with van der Waals surface area (Å²) in [5, 5.41) is 2.96. The lowest BCUT2D eigenvalue weighted by Crippen LogP contribution is -2.38.